The van der Waals surface area contributed by atoms with Crippen molar-refractivity contribution in [3.8, 4) is 11.6 Å². The number of hydrogen-bond donors (Lipinski definition) is 1. The van der Waals surface area contributed by atoms with E-state index in [-0.39, 0.29) is 12.7 Å². The third-order valence-electron chi connectivity index (χ3n) is 3.86. The molecule has 3 aromatic rings. The molecule has 1 aliphatic heterocycles. The lowest BCUT2D eigenvalue weighted by atomic mass is 10.3. The Bertz CT molecular complexity index is 841. The van der Waals surface area contributed by atoms with Crippen molar-refractivity contribution in [2.24, 2.45) is 0 Å². The zero-order chi connectivity index (χ0) is 16.5. The van der Waals surface area contributed by atoms with Crippen LogP contribution in [-0.2, 0) is 11.3 Å². The number of aromatic nitrogens is 3. The van der Waals surface area contributed by atoms with Crippen LogP contribution in [0.15, 0.2) is 33.5 Å². The van der Waals surface area contributed by atoms with E-state index >= 15 is 0 Å². The predicted octanol–water partition coefficient (Wildman–Crippen LogP) is 2.15. The number of fused-ring (bicyclic) bond motifs is 1. The van der Waals surface area contributed by atoms with E-state index in [9.17, 15) is 4.79 Å². The van der Waals surface area contributed by atoms with Gasteiger partial charge in [-0.25, -0.2) is 4.79 Å². The number of rotatable bonds is 4. The summed E-state index contributed by atoms with van der Waals surface area (Å²) in [5.74, 6) is 1.15. The fourth-order valence-corrected chi connectivity index (χ4v) is 2.64. The molecule has 0 aromatic carbocycles. The van der Waals surface area contributed by atoms with Crippen LogP contribution in [0.3, 0.4) is 0 Å². The Labute approximate surface area is 135 Å². The monoisotopic (exact) mass is 330 g/mol. The van der Waals surface area contributed by atoms with Crippen LogP contribution in [0.5, 0.6) is 0 Å². The number of carbonyl (C=O) groups is 1. The molecule has 1 amide bonds. The second-order valence-corrected chi connectivity index (χ2v) is 5.49. The van der Waals surface area contributed by atoms with E-state index < -0.39 is 6.09 Å². The van der Waals surface area contributed by atoms with Gasteiger partial charge in [0.15, 0.2) is 5.76 Å². The maximum atomic E-state index is 10.9. The van der Waals surface area contributed by atoms with Gasteiger partial charge in [-0.05, 0) is 18.6 Å². The van der Waals surface area contributed by atoms with Gasteiger partial charge < -0.3 is 23.7 Å². The smallest absolute Gasteiger partial charge is 0.407 e. The highest BCUT2D eigenvalue weighted by atomic mass is 16.5. The highest BCUT2D eigenvalue weighted by molar-refractivity contribution is 5.80. The Kier molecular flexibility index (Phi) is 3.62. The number of amides is 1. The van der Waals surface area contributed by atoms with Crippen molar-refractivity contribution >= 4 is 17.1 Å². The second-order valence-electron chi connectivity index (χ2n) is 5.49. The van der Waals surface area contributed by atoms with Crippen LogP contribution >= 0.6 is 0 Å². The molecule has 24 heavy (non-hydrogen) atoms. The number of likely N-dealkylation sites (tertiary alicyclic amines) is 1. The highest BCUT2D eigenvalue weighted by Crippen LogP contribution is 2.25. The predicted molar refractivity (Wildman–Crippen MR) is 80.1 cm³/mol. The Morgan fingerprint density at radius 2 is 2.42 bits per heavy atom. The molecule has 1 N–H and O–H groups in total. The third kappa shape index (κ3) is 2.81. The van der Waals surface area contributed by atoms with Gasteiger partial charge in [-0.1, -0.05) is 5.16 Å². The molecule has 3 aromatic heterocycles. The summed E-state index contributed by atoms with van der Waals surface area (Å²) in [6, 6.07) is 3.55. The first-order valence-corrected chi connectivity index (χ1v) is 7.45. The minimum atomic E-state index is -0.930. The molecule has 1 aliphatic rings. The van der Waals surface area contributed by atoms with Gasteiger partial charge in [0.05, 0.1) is 12.6 Å². The summed E-state index contributed by atoms with van der Waals surface area (Å²) >= 11 is 0. The number of carboxylic acid groups (broad SMARTS) is 1. The van der Waals surface area contributed by atoms with Crippen LogP contribution in [0.4, 0.5) is 4.79 Å². The Hall–Kier alpha value is -2.94. The average Bonchev–Trinajstić information content (AvgIpc) is 3.30. The number of hydrogen-bond acceptors (Lipinski definition) is 7. The maximum Gasteiger partial charge on any atom is 0.407 e. The van der Waals surface area contributed by atoms with Gasteiger partial charge in [0.1, 0.15) is 12.2 Å². The number of furan rings is 1. The molecule has 0 radical (unpaired) electrons. The van der Waals surface area contributed by atoms with Crippen molar-refractivity contribution in [1.29, 1.82) is 0 Å². The van der Waals surface area contributed by atoms with Gasteiger partial charge in [0, 0.05) is 24.3 Å². The van der Waals surface area contributed by atoms with E-state index in [2.05, 4.69) is 15.1 Å². The second kappa shape index (κ2) is 5.93. The summed E-state index contributed by atoms with van der Waals surface area (Å²) < 4.78 is 16.4. The molecule has 9 nitrogen and oxygen atoms in total. The standard InChI is InChI=1S/C15H14N4O5/c20-15(21)19-4-2-10(7-19)22-8-13-17-14(18-24-13)12-5-9-6-16-3-1-11(9)23-12/h1,3,5-6,10H,2,4,7-8H2,(H,20,21)/t10-/m0/s1. The van der Waals surface area contributed by atoms with E-state index in [1.165, 1.54) is 4.90 Å². The zero-order valence-corrected chi connectivity index (χ0v) is 12.6. The Morgan fingerprint density at radius 3 is 3.21 bits per heavy atom. The molecule has 0 unspecified atom stereocenters. The molecule has 0 saturated carbocycles. The van der Waals surface area contributed by atoms with Gasteiger partial charge in [-0.2, -0.15) is 4.98 Å². The molecule has 1 saturated heterocycles. The first-order chi connectivity index (χ1) is 11.7. The highest BCUT2D eigenvalue weighted by Gasteiger charge is 2.27. The normalized spacial score (nSPS) is 17.7. The van der Waals surface area contributed by atoms with Crippen LogP contribution in [0, 0.1) is 0 Å². The van der Waals surface area contributed by atoms with E-state index in [4.69, 9.17) is 18.8 Å². The minimum Gasteiger partial charge on any atom is -0.465 e. The number of pyridine rings is 1. The Balaban J connectivity index is 1.41. The molecule has 4 rings (SSSR count). The van der Waals surface area contributed by atoms with Gasteiger partial charge in [0.2, 0.25) is 5.82 Å². The van der Waals surface area contributed by atoms with E-state index in [0.29, 0.717) is 42.6 Å². The lowest BCUT2D eigenvalue weighted by Gasteiger charge is -2.11. The van der Waals surface area contributed by atoms with E-state index in [1.54, 1.807) is 24.5 Å². The molecule has 9 heteroatoms. The lowest BCUT2D eigenvalue weighted by Crippen LogP contribution is -2.28. The third-order valence-corrected chi connectivity index (χ3v) is 3.86. The van der Waals surface area contributed by atoms with Crippen molar-refractivity contribution in [1.82, 2.24) is 20.0 Å². The van der Waals surface area contributed by atoms with Crippen molar-refractivity contribution in [2.45, 2.75) is 19.1 Å². The summed E-state index contributed by atoms with van der Waals surface area (Å²) in [7, 11) is 0. The summed E-state index contributed by atoms with van der Waals surface area (Å²) in [6.45, 7) is 0.960. The van der Waals surface area contributed by atoms with Gasteiger partial charge in [0.25, 0.3) is 5.89 Å². The summed E-state index contributed by atoms with van der Waals surface area (Å²) in [5, 5.41) is 13.7. The number of ether oxygens (including phenoxy) is 1. The van der Waals surface area contributed by atoms with Crippen molar-refractivity contribution in [3.05, 3.63) is 30.4 Å². The fourth-order valence-electron chi connectivity index (χ4n) is 2.64. The van der Waals surface area contributed by atoms with Crippen LogP contribution in [0.1, 0.15) is 12.3 Å². The fraction of sp³-hybridized carbons (Fsp3) is 0.333. The van der Waals surface area contributed by atoms with Crippen LogP contribution in [0.25, 0.3) is 22.6 Å². The topological polar surface area (TPSA) is 115 Å². The zero-order valence-electron chi connectivity index (χ0n) is 12.6. The molecule has 0 spiro atoms. The van der Waals surface area contributed by atoms with Crippen LogP contribution in [0.2, 0.25) is 0 Å². The van der Waals surface area contributed by atoms with Crippen molar-refractivity contribution in [2.75, 3.05) is 13.1 Å². The summed E-state index contributed by atoms with van der Waals surface area (Å²) in [6.07, 6.45) is 2.91. The minimum absolute atomic E-state index is 0.132. The van der Waals surface area contributed by atoms with Gasteiger partial charge in [-0.3, -0.25) is 4.98 Å². The van der Waals surface area contributed by atoms with Crippen LogP contribution < -0.4 is 0 Å². The van der Waals surface area contributed by atoms with E-state index in [0.717, 1.165) is 5.39 Å². The maximum absolute atomic E-state index is 10.9. The first kappa shape index (κ1) is 14.6. The van der Waals surface area contributed by atoms with Crippen molar-refractivity contribution in [3.63, 3.8) is 0 Å². The molecule has 0 bridgehead atoms. The molecule has 0 aliphatic carbocycles. The largest absolute Gasteiger partial charge is 0.465 e. The van der Waals surface area contributed by atoms with Gasteiger partial charge >= 0.3 is 6.09 Å². The molecule has 4 heterocycles. The average molecular weight is 330 g/mol. The van der Waals surface area contributed by atoms with Crippen LogP contribution in [-0.4, -0.2) is 50.4 Å². The molecule has 1 fully saturated rings. The summed E-state index contributed by atoms with van der Waals surface area (Å²) in [4.78, 5) is 20.5. The number of nitrogens with zero attached hydrogens (tertiary/aromatic N) is 4. The van der Waals surface area contributed by atoms with Gasteiger partial charge in [-0.15, -0.1) is 0 Å². The lowest BCUT2D eigenvalue weighted by molar-refractivity contribution is 0.0320. The van der Waals surface area contributed by atoms with Crippen molar-refractivity contribution < 1.29 is 23.6 Å². The Morgan fingerprint density at radius 1 is 1.50 bits per heavy atom. The quantitative estimate of drug-likeness (QED) is 0.773. The molecule has 1 atom stereocenters. The van der Waals surface area contributed by atoms with E-state index in [1.807, 2.05) is 0 Å². The molecular weight excluding hydrogens is 316 g/mol. The SMILES string of the molecule is O=C(O)N1CC[C@H](OCc2nc(-c3cc4cnccc4o3)no2)C1. The molecular formula is C15H14N4O5. The summed E-state index contributed by atoms with van der Waals surface area (Å²) in [5.41, 5.74) is 0.697. The first-order valence-electron chi connectivity index (χ1n) is 7.45. The molecule has 124 valence electrons.